The maximum Gasteiger partial charge on any atom is 0.138 e. The van der Waals surface area contributed by atoms with Gasteiger partial charge in [0.25, 0.3) is 0 Å². The number of aliphatic hydroxyl groups is 1. The lowest BCUT2D eigenvalue weighted by Crippen LogP contribution is -1.91. The van der Waals surface area contributed by atoms with Crippen LogP contribution in [0.1, 0.15) is 5.56 Å². The number of hydrogen-bond donors (Lipinski definition) is 1. The van der Waals surface area contributed by atoms with E-state index in [1.54, 1.807) is 12.1 Å². The molecule has 1 N–H and O–H groups in total. The molecule has 0 aliphatic heterocycles. The van der Waals surface area contributed by atoms with Gasteiger partial charge >= 0.3 is 0 Å². The van der Waals surface area contributed by atoms with Crippen molar-refractivity contribution in [3.05, 3.63) is 50.7 Å². The summed E-state index contributed by atoms with van der Waals surface area (Å²) in [5.41, 5.74) is 2.39. The largest absolute Gasteiger partial charge is 0.392 e. The van der Waals surface area contributed by atoms with Gasteiger partial charge in [0.05, 0.1) is 6.61 Å². The fourth-order valence-corrected chi connectivity index (χ4v) is 2.42. The SMILES string of the molecule is OCc1cc(Br)ccc1-c1ccc(Cl)nc1Cl. The highest BCUT2D eigenvalue weighted by Crippen LogP contribution is 2.32. The second kappa shape index (κ2) is 5.36. The maximum absolute atomic E-state index is 9.34. The number of hydrogen-bond acceptors (Lipinski definition) is 2. The van der Waals surface area contributed by atoms with Gasteiger partial charge in [-0.1, -0.05) is 45.2 Å². The minimum absolute atomic E-state index is 0.0618. The lowest BCUT2D eigenvalue weighted by Gasteiger charge is -2.09. The Hall–Kier alpha value is -0.610. The average molecular weight is 333 g/mol. The lowest BCUT2D eigenvalue weighted by molar-refractivity contribution is 0.282. The van der Waals surface area contributed by atoms with Crippen LogP contribution in [0.25, 0.3) is 11.1 Å². The van der Waals surface area contributed by atoms with Crippen molar-refractivity contribution in [3.8, 4) is 11.1 Å². The number of aliphatic hydroxyl groups excluding tert-OH is 1. The minimum atomic E-state index is -0.0618. The molecule has 0 atom stereocenters. The topological polar surface area (TPSA) is 33.1 Å². The number of nitrogens with zero attached hydrogens (tertiary/aromatic N) is 1. The molecule has 0 aliphatic rings. The Morgan fingerprint density at radius 2 is 1.82 bits per heavy atom. The molecular weight excluding hydrogens is 325 g/mol. The molecule has 1 aromatic heterocycles. The molecule has 0 saturated heterocycles. The summed E-state index contributed by atoms with van der Waals surface area (Å²) in [5.74, 6) is 0. The third-order valence-corrected chi connectivity index (χ3v) is 3.33. The van der Waals surface area contributed by atoms with Crippen molar-refractivity contribution in [1.29, 1.82) is 0 Å². The molecular formula is C12H8BrCl2NO. The van der Waals surface area contributed by atoms with E-state index in [1.165, 1.54) is 0 Å². The highest BCUT2D eigenvalue weighted by Gasteiger charge is 2.10. The Morgan fingerprint density at radius 3 is 2.47 bits per heavy atom. The predicted octanol–water partition coefficient (Wildman–Crippen LogP) is 4.31. The Morgan fingerprint density at radius 1 is 1.12 bits per heavy atom. The normalized spacial score (nSPS) is 10.6. The molecule has 2 nitrogen and oxygen atoms in total. The molecule has 1 aromatic carbocycles. The van der Waals surface area contributed by atoms with Gasteiger partial charge in [-0.15, -0.1) is 0 Å². The van der Waals surface area contributed by atoms with Crippen molar-refractivity contribution < 1.29 is 5.11 Å². The Kier molecular flexibility index (Phi) is 4.05. The smallest absolute Gasteiger partial charge is 0.138 e. The Labute approximate surface area is 117 Å². The fourth-order valence-electron chi connectivity index (χ4n) is 1.57. The summed E-state index contributed by atoms with van der Waals surface area (Å²) in [7, 11) is 0. The second-order valence-electron chi connectivity index (χ2n) is 3.43. The van der Waals surface area contributed by atoms with Gasteiger partial charge in [-0.3, -0.25) is 0 Å². The van der Waals surface area contributed by atoms with Crippen molar-refractivity contribution in [3.63, 3.8) is 0 Å². The third-order valence-electron chi connectivity index (χ3n) is 2.34. The number of benzene rings is 1. The lowest BCUT2D eigenvalue weighted by atomic mass is 10.0. The summed E-state index contributed by atoms with van der Waals surface area (Å²) < 4.78 is 0.906. The molecule has 0 saturated carbocycles. The van der Waals surface area contributed by atoms with E-state index in [4.69, 9.17) is 23.2 Å². The maximum atomic E-state index is 9.34. The van der Waals surface area contributed by atoms with Gasteiger partial charge in [-0.25, -0.2) is 4.98 Å². The first-order chi connectivity index (χ1) is 8.11. The first kappa shape index (κ1) is 12.8. The Balaban J connectivity index is 2.60. The standard InChI is InChI=1S/C12H8BrCl2NO/c13-8-1-2-9(7(5-8)6-17)10-3-4-11(14)16-12(10)15/h1-5,17H,6H2. The van der Waals surface area contributed by atoms with E-state index in [0.29, 0.717) is 10.3 Å². The highest BCUT2D eigenvalue weighted by molar-refractivity contribution is 9.10. The van der Waals surface area contributed by atoms with Crippen LogP contribution in [0.4, 0.5) is 0 Å². The molecule has 2 aromatic rings. The zero-order chi connectivity index (χ0) is 12.4. The van der Waals surface area contributed by atoms with E-state index in [1.807, 2.05) is 18.2 Å². The minimum Gasteiger partial charge on any atom is -0.392 e. The van der Waals surface area contributed by atoms with E-state index in [-0.39, 0.29) is 6.61 Å². The molecule has 2 rings (SSSR count). The monoisotopic (exact) mass is 331 g/mol. The third kappa shape index (κ3) is 2.80. The first-order valence-corrected chi connectivity index (χ1v) is 6.38. The van der Waals surface area contributed by atoms with Crippen molar-refractivity contribution in [1.82, 2.24) is 4.98 Å². The zero-order valence-electron chi connectivity index (χ0n) is 8.62. The molecule has 0 unspecified atom stereocenters. The molecule has 0 bridgehead atoms. The number of halogens is 3. The first-order valence-electron chi connectivity index (χ1n) is 4.83. The van der Waals surface area contributed by atoms with Crippen LogP contribution < -0.4 is 0 Å². The summed E-state index contributed by atoms with van der Waals surface area (Å²) in [6, 6.07) is 9.08. The molecule has 0 spiro atoms. The van der Waals surface area contributed by atoms with Gasteiger partial charge in [0.15, 0.2) is 0 Å². The van der Waals surface area contributed by atoms with Gasteiger partial charge in [0, 0.05) is 10.0 Å². The van der Waals surface area contributed by atoms with E-state index < -0.39 is 0 Å². The fraction of sp³-hybridized carbons (Fsp3) is 0.0833. The van der Waals surface area contributed by atoms with Crippen LogP contribution in [-0.4, -0.2) is 10.1 Å². The predicted molar refractivity (Wildman–Crippen MR) is 73.3 cm³/mol. The van der Waals surface area contributed by atoms with Crippen molar-refractivity contribution in [2.24, 2.45) is 0 Å². The quantitative estimate of drug-likeness (QED) is 0.831. The van der Waals surface area contributed by atoms with Gasteiger partial charge in [-0.05, 0) is 35.4 Å². The molecule has 88 valence electrons. The van der Waals surface area contributed by atoms with Crippen LogP contribution in [0, 0.1) is 0 Å². The van der Waals surface area contributed by atoms with Crippen LogP contribution >= 0.6 is 39.1 Å². The molecule has 0 fully saturated rings. The van der Waals surface area contributed by atoms with Crippen LogP contribution in [0.3, 0.4) is 0 Å². The highest BCUT2D eigenvalue weighted by atomic mass is 79.9. The van der Waals surface area contributed by atoms with Gasteiger partial charge < -0.3 is 5.11 Å². The molecule has 0 radical (unpaired) electrons. The van der Waals surface area contributed by atoms with Crippen molar-refractivity contribution in [2.75, 3.05) is 0 Å². The van der Waals surface area contributed by atoms with Gasteiger partial charge in [0.2, 0.25) is 0 Å². The summed E-state index contributed by atoms with van der Waals surface area (Å²) in [6.45, 7) is -0.0618. The summed E-state index contributed by atoms with van der Waals surface area (Å²) in [5, 5.41) is 10.0. The average Bonchev–Trinajstić information content (AvgIpc) is 2.30. The van der Waals surface area contributed by atoms with E-state index in [9.17, 15) is 5.11 Å². The van der Waals surface area contributed by atoms with E-state index in [0.717, 1.165) is 21.2 Å². The molecule has 0 aliphatic carbocycles. The van der Waals surface area contributed by atoms with Crippen LogP contribution in [0.5, 0.6) is 0 Å². The van der Waals surface area contributed by atoms with E-state index in [2.05, 4.69) is 20.9 Å². The molecule has 5 heteroatoms. The molecule has 1 heterocycles. The van der Waals surface area contributed by atoms with E-state index >= 15 is 0 Å². The van der Waals surface area contributed by atoms with Gasteiger partial charge in [-0.2, -0.15) is 0 Å². The summed E-state index contributed by atoms with van der Waals surface area (Å²) >= 11 is 15.2. The van der Waals surface area contributed by atoms with Crippen LogP contribution in [0.2, 0.25) is 10.3 Å². The van der Waals surface area contributed by atoms with Crippen molar-refractivity contribution in [2.45, 2.75) is 6.61 Å². The van der Waals surface area contributed by atoms with Crippen LogP contribution in [0.15, 0.2) is 34.8 Å². The second-order valence-corrected chi connectivity index (χ2v) is 5.09. The number of pyridine rings is 1. The number of rotatable bonds is 2. The van der Waals surface area contributed by atoms with Crippen molar-refractivity contribution >= 4 is 39.1 Å². The molecule has 17 heavy (non-hydrogen) atoms. The van der Waals surface area contributed by atoms with Gasteiger partial charge in [0.1, 0.15) is 10.3 Å². The molecule has 0 amide bonds. The van der Waals surface area contributed by atoms with Crippen LogP contribution in [-0.2, 0) is 6.61 Å². The summed E-state index contributed by atoms with van der Waals surface area (Å²) in [4.78, 5) is 3.99. The Bertz CT molecular complexity index is 560. The number of aromatic nitrogens is 1. The zero-order valence-corrected chi connectivity index (χ0v) is 11.7. The summed E-state index contributed by atoms with van der Waals surface area (Å²) in [6.07, 6.45) is 0.